The maximum absolute atomic E-state index is 14.4. The molecule has 7 heteroatoms. The minimum atomic E-state index is -0.552. The van der Waals surface area contributed by atoms with Crippen LogP contribution in [0.15, 0.2) is 35.1 Å². The molecule has 2 aromatic carbocycles. The molecule has 0 saturated carbocycles. The van der Waals surface area contributed by atoms with E-state index < -0.39 is 5.82 Å². The van der Waals surface area contributed by atoms with Gasteiger partial charge in [0.15, 0.2) is 17.3 Å². The third kappa shape index (κ3) is 2.92. The van der Waals surface area contributed by atoms with E-state index in [0.29, 0.717) is 28.1 Å². The van der Waals surface area contributed by atoms with Crippen molar-refractivity contribution >= 4 is 16.6 Å². The summed E-state index contributed by atoms with van der Waals surface area (Å²) in [6.45, 7) is 9.96. The van der Waals surface area contributed by atoms with Crippen molar-refractivity contribution in [1.82, 2.24) is 14.9 Å². The number of aryl methyl sites for hydroxylation is 1. The lowest BCUT2D eigenvalue weighted by Gasteiger charge is -2.19. The van der Waals surface area contributed by atoms with Crippen LogP contribution in [0.4, 0.5) is 10.1 Å². The van der Waals surface area contributed by atoms with E-state index in [1.807, 2.05) is 6.92 Å². The number of fused-ring (bicyclic) bond motifs is 1. The van der Waals surface area contributed by atoms with Gasteiger partial charge in [-0.25, -0.2) is 14.2 Å². The van der Waals surface area contributed by atoms with Crippen LogP contribution in [0.5, 0.6) is 5.75 Å². The van der Waals surface area contributed by atoms with Crippen LogP contribution >= 0.6 is 0 Å². The number of nitrogens with zero attached hydrogens (tertiary/aromatic N) is 3. The fraction of sp³-hybridized carbons (Fsp3) is 0.286. The van der Waals surface area contributed by atoms with Crippen molar-refractivity contribution in [3.63, 3.8) is 0 Å². The molecule has 0 aliphatic carbocycles. The van der Waals surface area contributed by atoms with Crippen LogP contribution in [0.3, 0.4) is 0 Å². The highest BCUT2D eigenvalue weighted by atomic mass is 19.1. The van der Waals surface area contributed by atoms with Crippen LogP contribution in [-0.2, 0) is 0 Å². The highest BCUT2D eigenvalue weighted by molar-refractivity contribution is 5.85. The molecular weight excluding hydrogens is 359 g/mol. The van der Waals surface area contributed by atoms with Crippen LogP contribution in [0.25, 0.3) is 21.4 Å². The molecule has 0 amide bonds. The number of nitrogens with one attached hydrogen (secondary N) is 1. The molecule has 6 nitrogen and oxygen atoms in total. The van der Waals surface area contributed by atoms with Crippen molar-refractivity contribution in [2.75, 3.05) is 13.7 Å². The van der Waals surface area contributed by atoms with Crippen molar-refractivity contribution in [2.24, 2.45) is 0 Å². The lowest BCUT2D eigenvalue weighted by atomic mass is 10.1. The summed E-state index contributed by atoms with van der Waals surface area (Å²) in [6, 6.07) is 7.59. The molecule has 1 aliphatic rings. The summed E-state index contributed by atoms with van der Waals surface area (Å²) in [5.74, 6) is 0.110. The average molecular weight is 378 g/mol. The van der Waals surface area contributed by atoms with Crippen LogP contribution in [0.1, 0.15) is 30.3 Å². The van der Waals surface area contributed by atoms with E-state index >= 15 is 0 Å². The van der Waals surface area contributed by atoms with Gasteiger partial charge in [-0.15, -0.1) is 0 Å². The van der Waals surface area contributed by atoms with Crippen LogP contribution in [0, 0.1) is 19.3 Å². The minimum Gasteiger partial charge on any atom is -0.494 e. The molecule has 2 heterocycles. The molecule has 0 spiro atoms. The van der Waals surface area contributed by atoms with Crippen molar-refractivity contribution in [1.29, 1.82) is 0 Å². The predicted molar refractivity (Wildman–Crippen MR) is 105 cm³/mol. The Morgan fingerprint density at radius 1 is 1.36 bits per heavy atom. The maximum atomic E-state index is 14.4. The molecule has 142 valence electrons. The standard InChI is InChI=1S/C21H19FN4O2/c1-12-9-13(23-2)10-15-19(12)25-20(17-5-4-8-24-17)26(21(15)27)14-6-7-18(28-3)16(22)11-14/h6-7,9-11,17,24H,4-5,8H2,1,3H3/t17-/m1/s1. The highest BCUT2D eigenvalue weighted by Gasteiger charge is 2.25. The molecule has 1 N–H and O–H groups in total. The second-order valence-electron chi connectivity index (χ2n) is 6.85. The zero-order chi connectivity index (χ0) is 19.8. The lowest BCUT2D eigenvalue weighted by Crippen LogP contribution is -2.29. The Labute approximate surface area is 161 Å². The quantitative estimate of drug-likeness (QED) is 0.704. The van der Waals surface area contributed by atoms with Gasteiger partial charge in [0.1, 0.15) is 5.82 Å². The van der Waals surface area contributed by atoms with Crippen LogP contribution in [-0.4, -0.2) is 23.2 Å². The number of methoxy groups -OCH3 is 1. The fourth-order valence-corrected chi connectivity index (χ4v) is 3.71. The molecule has 0 radical (unpaired) electrons. The summed E-state index contributed by atoms with van der Waals surface area (Å²) in [6.07, 6.45) is 1.82. The van der Waals surface area contributed by atoms with Gasteiger partial charge < -0.3 is 10.1 Å². The predicted octanol–water partition coefficient (Wildman–Crippen LogP) is 3.82. The van der Waals surface area contributed by atoms with Crippen molar-refractivity contribution in [3.8, 4) is 11.4 Å². The van der Waals surface area contributed by atoms with E-state index in [9.17, 15) is 9.18 Å². The topological polar surface area (TPSA) is 60.5 Å². The largest absolute Gasteiger partial charge is 0.494 e. The lowest BCUT2D eigenvalue weighted by molar-refractivity contribution is 0.386. The molecule has 4 rings (SSSR count). The Hall–Kier alpha value is -3.24. The molecule has 0 bridgehead atoms. The van der Waals surface area contributed by atoms with Gasteiger partial charge in [0.25, 0.3) is 5.56 Å². The Bertz CT molecular complexity index is 1170. The first kappa shape index (κ1) is 18.1. The van der Waals surface area contributed by atoms with Gasteiger partial charge in [-0.1, -0.05) is 6.07 Å². The van der Waals surface area contributed by atoms with Gasteiger partial charge in [-0.2, -0.15) is 0 Å². The van der Waals surface area contributed by atoms with E-state index in [2.05, 4.69) is 10.2 Å². The van der Waals surface area contributed by atoms with E-state index in [1.54, 1.807) is 18.2 Å². The normalized spacial score (nSPS) is 16.3. The van der Waals surface area contributed by atoms with Crippen LogP contribution < -0.4 is 15.6 Å². The summed E-state index contributed by atoms with van der Waals surface area (Å²) in [4.78, 5) is 21.7. The summed E-state index contributed by atoms with van der Waals surface area (Å²) >= 11 is 0. The highest BCUT2D eigenvalue weighted by Crippen LogP contribution is 2.29. The number of hydrogen-bond acceptors (Lipinski definition) is 4. The average Bonchev–Trinajstić information content (AvgIpc) is 3.22. The summed E-state index contributed by atoms with van der Waals surface area (Å²) < 4.78 is 20.8. The molecule has 3 aromatic rings. The van der Waals surface area contributed by atoms with E-state index in [0.717, 1.165) is 24.9 Å². The molecule has 1 fully saturated rings. The van der Waals surface area contributed by atoms with Crippen LogP contribution in [0.2, 0.25) is 0 Å². The second kappa shape index (κ2) is 7.06. The Kier molecular flexibility index (Phi) is 4.57. The zero-order valence-corrected chi connectivity index (χ0v) is 15.6. The first-order chi connectivity index (χ1) is 13.5. The second-order valence-corrected chi connectivity index (χ2v) is 6.85. The van der Waals surface area contributed by atoms with Gasteiger partial charge in [-0.05, 0) is 50.1 Å². The number of ether oxygens (including phenoxy) is 1. The molecule has 1 atom stereocenters. The first-order valence-electron chi connectivity index (χ1n) is 9.05. The molecule has 1 aromatic heterocycles. The Balaban J connectivity index is 2.06. The molecular formula is C21H19FN4O2. The summed E-state index contributed by atoms with van der Waals surface area (Å²) in [7, 11) is 1.39. The molecule has 1 saturated heterocycles. The number of halogens is 1. The number of aromatic nitrogens is 2. The number of rotatable bonds is 3. The van der Waals surface area contributed by atoms with E-state index in [1.165, 1.54) is 23.8 Å². The molecule has 0 unspecified atom stereocenters. The fourth-order valence-electron chi connectivity index (χ4n) is 3.71. The zero-order valence-electron chi connectivity index (χ0n) is 15.6. The van der Waals surface area contributed by atoms with E-state index in [4.69, 9.17) is 16.3 Å². The summed E-state index contributed by atoms with van der Waals surface area (Å²) in [5, 5.41) is 3.72. The number of hydrogen-bond donors (Lipinski definition) is 1. The van der Waals surface area contributed by atoms with Crippen molar-refractivity contribution in [2.45, 2.75) is 25.8 Å². The van der Waals surface area contributed by atoms with Gasteiger partial charge >= 0.3 is 0 Å². The Morgan fingerprint density at radius 2 is 2.18 bits per heavy atom. The Morgan fingerprint density at radius 3 is 2.82 bits per heavy atom. The first-order valence-corrected chi connectivity index (χ1v) is 9.05. The molecule has 1 aliphatic heterocycles. The number of benzene rings is 2. The van der Waals surface area contributed by atoms with Gasteiger partial charge in [0.2, 0.25) is 0 Å². The monoisotopic (exact) mass is 378 g/mol. The van der Waals surface area contributed by atoms with E-state index in [-0.39, 0.29) is 17.4 Å². The van der Waals surface area contributed by atoms with Crippen molar-refractivity contribution < 1.29 is 9.13 Å². The maximum Gasteiger partial charge on any atom is 0.264 e. The van der Waals surface area contributed by atoms with Crippen molar-refractivity contribution in [3.05, 3.63) is 69.3 Å². The van der Waals surface area contributed by atoms with Gasteiger partial charge in [0, 0.05) is 6.07 Å². The SMILES string of the molecule is [C-]#[N+]c1cc(C)c2nc([C@H]3CCCN3)n(-c3ccc(OC)c(F)c3)c(=O)c2c1. The van der Waals surface area contributed by atoms with Gasteiger partial charge in [0.05, 0.1) is 36.3 Å². The smallest absolute Gasteiger partial charge is 0.264 e. The molecule has 28 heavy (non-hydrogen) atoms. The van der Waals surface area contributed by atoms with Gasteiger partial charge in [-0.3, -0.25) is 9.36 Å². The summed E-state index contributed by atoms with van der Waals surface area (Å²) in [5.41, 5.74) is 1.79. The third-order valence-corrected chi connectivity index (χ3v) is 5.07. The minimum absolute atomic E-state index is 0.0952. The third-order valence-electron chi connectivity index (χ3n) is 5.07.